The molecular formula is C12H17N3O2S. The van der Waals surface area contributed by atoms with Gasteiger partial charge in [0.25, 0.3) is 0 Å². The van der Waals surface area contributed by atoms with Crippen LogP contribution < -0.4 is 10.6 Å². The van der Waals surface area contributed by atoms with Crippen LogP contribution >= 0.6 is 11.3 Å². The highest BCUT2D eigenvalue weighted by Crippen LogP contribution is 2.21. The van der Waals surface area contributed by atoms with E-state index in [1.807, 2.05) is 0 Å². The van der Waals surface area contributed by atoms with E-state index in [9.17, 15) is 9.59 Å². The van der Waals surface area contributed by atoms with Crippen LogP contribution in [0.2, 0.25) is 0 Å². The van der Waals surface area contributed by atoms with Crippen LogP contribution in [0, 0.1) is 5.92 Å². The van der Waals surface area contributed by atoms with Gasteiger partial charge in [0, 0.05) is 24.3 Å². The maximum atomic E-state index is 12.0. The molecule has 6 heteroatoms. The molecule has 0 spiro atoms. The van der Waals surface area contributed by atoms with Crippen molar-refractivity contribution in [2.75, 3.05) is 11.9 Å². The number of hydrogen-bond donors (Lipinski definition) is 2. The first-order valence-electron chi connectivity index (χ1n) is 6.07. The Morgan fingerprint density at radius 1 is 1.56 bits per heavy atom. The molecule has 0 radical (unpaired) electrons. The minimum Gasteiger partial charge on any atom is -0.314 e. The lowest BCUT2D eigenvalue weighted by Gasteiger charge is -2.26. The van der Waals surface area contributed by atoms with E-state index in [1.54, 1.807) is 5.38 Å². The van der Waals surface area contributed by atoms with Gasteiger partial charge in [-0.25, -0.2) is 4.98 Å². The van der Waals surface area contributed by atoms with Crippen molar-refractivity contribution in [2.24, 2.45) is 5.92 Å². The van der Waals surface area contributed by atoms with Crippen molar-refractivity contribution in [3.63, 3.8) is 0 Å². The fourth-order valence-electron chi connectivity index (χ4n) is 2.07. The maximum absolute atomic E-state index is 12.0. The zero-order valence-corrected chi connectivity index (χ0v) is 11.3. The molecule has 0 bridgehead atoms. The van der Waals surface area contributed by atoms with Gasteiger partial charge in [-0.05, 0) is 26.3 Å². The number of carbonyl (C=O) groups is 2. The summed E-state index contributed by atoms with van der Waals surface area (Å²) in [6.45, 7) is 4.42. The van der Waals surface area contributed by atoms with E-state index in [4.69, 9.17) is 0 Å². The number of piperidine rings is 1. The van der Waals surface area contributed by atoms with E-state index in [0.717, 1.165) is 19.4 Å². The van der Waals surface area contributed by atoms with Crippen molar-refractivity contribution in [3.8, 4) is 0 Å². The number of hydrogen-bond acceptors (Lipinski definition) is 5. The highest BCUT2D eigenvalue weighted by Gasteiger charge is 2.25. The van der Waals surface area contributed by atoms with Crippen LogP contribution in [0.25, 0.3) is 0 Å². The summed E-state index contributed by atoms with van der Waals surface area (Å²) < 4.78 is 0. The minimum atomic E-state index is -0.0813. The molecule has 2 N–H and O–H groups in total. The molecule has 1 aromatic rings. The van der Waals surface area contributed by atoms with Gasteiger partial charge in [0.1, 0.15) is 5.69 Å². The second-order valence-electron chi connectivity index (χ2n) is 4.66. The third kappa shape index (κ3) is 3.14. The van der Waals surface area contributed by atoms with Crippen molar-refractivity contribution < 1.29 is 9.59 Å². The Hall–Kier alpha value is -1.27. The Morgan fingerprint density at radius 3 is 2.94 bits per heavy atom. The quantitative estimate of drug-likeness (QED) is 0.817. The molecule has 1 saturated heterocycles. The summed E-state index contributed by atoms with van der Waals surface area (Å²) in [5, 5.41) is 8.29. The monoisotopic (exact) mass is 267 g/mol. The van der Waals surface area contributed by atoms with Crippen LogP contribution in [0.4, 0.5) is 5.13 Å². The van der Waals surface area contributed by atoms with E-state index in [0.29, 0.717) is 16.9 Å². The molecule has 0 saturated carbocycles. The first-order chi connectivity index (χ1) is 8.56. The number of nitrogens with one attached hydrogen (secondary N) is 2. The average Bonchev–Trinajstić information content (AvgIpc) is 2.77. The maximum Gasteiger partial charge on any atom is 0.229 e. The van der Waals surface area contributed by atoms with Crippen molar-refractivity contribution in [3.05, 3.63) is 11.1 Å². The van der Waals surface area contributed by atoms with Crippen molar-refractivity contribution in [1.29, 1.82) is 0 Å². The van der Waals surface area contributed by atoms with Crippen molar-refractivity contribution in [2.45, 2.75) is 32.7 Å². The van der Waals surface area contributed by atoms with Crippen LogP contribution in [-0.2, 0) is 4.79 Å². The number of Topliss-reactive ketones (excluding diaryl/α,β-unsaturated/α-hetero) is 1. The molecule has 2 atom stereocenters. The van der Waals surface area contributed by atoms with Crippen LogP contribution in [-0.4, -0.2) is 29.3 Å². The number of rotatable bonds is 3. The Balaban J connectivity index is 1.95. The van der Waals surface area contributed by atoms with Gasteiger partial charge < -0.3 is 10.6 Å². The van der Waals surface area contributed by atoms with Gasteiger partial charge in [0.05, 0.1) is 0 Å². The van der Waals surface area contributed by atoms with E-state index < -0.39 is 0 Å². The second kappa shape index (κ2) is 5.58. The number of nitrogens with zero attached hydrogens (tertiary/aromatic N) is 1. The predicted molar refractivity (Wildman–Crippen MR) is 70.9 cm³/mol. The zero-order valence-electron chi connectivity index (χ0n) is 10.5. The second-order valence-corrected chi connectivity index (χ2v) is 5.52. The summed E-state index contributed by atoms with van der Waals surface area (Å²) in [5.41, 5.74) is 0.411. The average molecular weight is 267 g/mol. The van der Waals surface area contributed by atoms with E-state index in [-0.39, 0.29) is 17.6 Å². The SMILES string of the molecule is CC(=O)c1csc(NC(=O)C2CCNC(C)C2)n1. The summed E-state index contributed by atoms with van der Waals surface area (Å²) in [7, 11) is 0. The van der Waals surface area contributed by atoms with E-state index >= 15 is 0 Å². The van der Waals surface area contributed by atoms with Crippen LogP contribution in [0.15, 0.2) is 5.38 Å². The summed E-state index contributed by atoms with van der Waals surface area (Å²) >= 11 is 1.29. The fourth-order valence-corrected chi connectivity index (χ4v) is 2.82. The molecule has 1 aliphatic heterocycles. The summed E-state index contributed by atoms with van der Waals surface area (Å²) in [6.07, 6.45) is 1.69. The number of amides is 1. The van der Waals surface area contributed by atoms with Gasteiger partial charge in [0.15, 0.2) is 10.9 Å². The molecule has 1 amide bonds. The lowest BCUT2D eigenvalue weighted by atomic mass is 9.92. The topological polar surface area (TPSA) is 71.1 Å². The highest BCUT2D eigenvalue weighted by atomic mass is 32.1. The molecule has 98 valence electrons. The van der Waals surface area contributed by atoms with Gasteiger partial charge >= 0.3 is 0 Å². The van der Waals surface area contributed by atoms with E-state index in [2.05, 4.69) is 22.5 Å². The highest BCUT2D eigenvalue weighted by molar-refractivity contribution is 7.14. The molecular weight excluding hydrogens is 250 g/mol. The number of anilines is 1. The number of ketones is 1. The van der Waals surface area contributed by atoms with Crippen molar-refractivity contribution in [1.82, 2.24) is 10.3 Å². The first-order valence-corrected chi connectivity index (χ1v) is 6.95. The van der Waals surface area contributed by atoms with Crippen molar-refractivity contribution >= 4 is 28.2 Å². The summed E-state index contributed by atoms with van der Waals surface area (Å²) in [5.74, 6) is -0.0408. The third-order valence-corrected chi connectivity index (χ3v) is 3.85. The molecule has 2 rings (SSSR count). The Morgan fingerprint density at radius 2 is 2.33 bits per heavy atom. The minimum absolute atomic E-state index is 0.00722. The van der Waals surface area contributed by atoms with Gasteiger partial charge in [-0.2, -0.15) is 0 Å². The predicted octanol–water partition coefficient (Wildman–Crippen LogP) is 1.67. The van der Waals surface area contributed by atoms with Gasteiger partial charge in [-0.3, -0.25) is 9.59 Å². The molecule has 0 aliphatic carbocycles. The van der Waals surface area contributed by atoms with Gasteiger partial charge in [0.2, 0.25) is 5.91 Å². The number of thiazole rings is 1. The molecule has 2 heterocycles. The Kier molecular flexibility index (Phi) is 4.08. The van der Waals surface area contributed by atoms with E-state index in [1.165, 1.54) is 18.3 Å². The first kappa shape index (κ1) is 13.2. The summed E-state index contributed by atoms with van der Waals surface area (Å²) in [4.78, 5) is 27.2. The molecule has 0 aromatic carbocycles. The molecule has 2 unspecified atom stereocenters. The zero-order chi connectivity index (χ0) is 13.1. The Bertz CT molecular complexity index is 458. The van der Waals surface area contributed by atoms with Crippen LogP contribution in [0.5, 0.6) is 0 Å². The summed E-state index contributed by atoms with van der Waals surface area (Å²) in [6, 6.07) is 0.374. The lowest BCUT2D eigenvalue weighted by Crippen LogP contribution is -2.40. The molecule has 1 aliphatic rings. The Labute approximate surface area is 110 Å². The molecule has 5 nitrogen and oxygen atoms in total. The fraction of sp³-hybridized carbons (Fsp3) is 0.583. The van der Waals surface area contributed by atoms with Crippen LogP contribution in [0.3, 0.4) is 0 Å². The van der Waals surface area contributed by atoms with Gasteiger partial charge in [-0.1, -0.05) is 0 Å². The standard InChI is InChI=1S/C12H17N3O2S/c1-7-5-9(3-4-13-7)11(17)15-12-14-10(6-18-12)8(2)16/h6-7,9,13H,3-5H2,1-2H3,(H,14,15,17). The largest absolute Gasteiger partial charge is 0.314 e. The van der Waals surface area contributed by atoms with Crippen LogP contribution in [0.1, 0.15) is 37.2 Å². The smallest absolute Gasteiger partial charge is 0.229 e. The van der Waals surface area contributed by atoms with Gasteiger partial charge in [-0.15, -0.1) is 11.3 Å². The number of aromatic nitrogens is 1. The molecule has 1 fully saturated rings. The number of carbonyl (C=O) groups excluding carboxylic acids is 2. The lowest BCUT2D eigenvalue weighted by molar-refractivity contribution is -0.120. The molecule has 1 aromatic heterocycles. The normalized spacial score (nSPS) is 23.7. The third-order valence-electron chi connectivity index (χ3n) is 3.09. The molecule has 18 heavy (non-hydrogen) atoms.